The molecule has 13 heavy (non-hydrogen) atoms. The maximum atomic E-state index is 5.69. The van der Waals surface area contributed by atoms with E-state index in [0.717, 1.165) is 23.3 Å². The Kier molecular flexibility index (Phi) is 1.59. The molecule has 2 spiro atoms. The Labute approximate surface area is 81.1 Å². The fourth-order valence-electron chi connectivity index (χ4n) is 4.30. The molecule has 1 nitrogen and oxygen atoms in total. The van der Waals surface area contributed by atoms with E-state index in [1.165, 1.54) is 25.7 Å². The summed E-state index contributed by atoms with van der Waals surface area (Å²) in [5, 5.41) is 0. The molecule has 0 saturated heterocycles. The third kappa shape index (κ3) is 1.09. The van der Waals surface area contributed by atoms with E-state index in [2.05, 4.69) is 0 Å². The van der Waals surface area contributed by atoms with Crippen LogP contribution in [0.2, 0.25) is 0 Å². The minimum Gasteiger partial charge on any atom is -0.330 e. The van der Waals surface area contributed by atoms with Crippen molar-refractivity contribution in [3.63, 3.8) is 0 Å². The fraction of sp³-hybridized carbons (Fsp3) is 1.00. The molecule has 3 rings (SSSR count). The first-order chi connectivity index (χ1) is 6.29. The molecule has 3 aliphatic rings. The predicted molar refractivity (Wildman–Crippen MR) is 54.3 cm³/mol. The van der Waals surface area contributed by atoms with Crippen LogP contribution >= 0.6 is 0 Å². The monoisotopic (exact) mass is 179 g/mol. The Hall–Kier alpha value is -0.0400. The van der Waals surface area contributed by atoms with E-state index < -0.39 is 0 Å². The van der Waals surface area contributed by atoms with Gasteiger partial charge in [0.05, 0.1) is 0 Å². The third-order valence-electron chi connectivity index (χ3n) is 5.02. The van der Waals surface area contributed by atoms with Crippen molar-refractivity contribution in [2.45, 2.75) is 51.4 Å². The highest BCUT2D eigenvalue weighted by molar-refractivity contribution is 5.14. The third-order valence-corrected chi connectivity index (χ3v) is 5.02. The van der Waals surface area contributed by atoms with Gasteiger partial charge in [-0.25, -0.2) is 0 Å². The van der Waals surface area contributed by atoms with E-state index in [1.54, 1.807) is 25.7 Å². The van der Waals surface area contributed by atoms with Crippen LogP contribution in [0.1, 0.15) is 51.4 Å². The van der Waals surface area contributed by atoms with Crippen molar-refractivity contribution in [3.05, 3.63) is 0 Å². The van der Waals surface area contributed by atoms with Crippen LogP contribution in [0.4, 0.5) is 0 Å². The van der Waals surface area contributed by atoms with Gasteiger partial charge in [0.1, 0.15) is 0 Å². The van der Waals surface area contributed by atoms with Gasteiger partial charge >= 0.3 is 0 Å². The molecule has 1 atom stereocenters. The molecule has 0 aromatic heterocycles. The van der Waals surface area contributed by atoms with Gasteiger partial charge < -0.3 is 5.73 Å². The van der Waals surface area contributed by atoms with Gasteiger partial charge in [0.25, 0.3) is 0 Å². The number of rotatable bonds is 2. The first-order valence-corrected chi connectivity index (χ1v) is 5.99. The summed E-state index contributed by atoms with van der Waals surface area (Å²) in [5.41, 5.74) is 7.38. The molecule has 0 amide bonds. The van der Waals surface area contributed by atoms with E-state index in [0.29, 0.717) is 0 Å². The second-order valence-corrected chi connectivity index (χ2v) is 5.88. The normalized spacial score (nSPS) is 38.1. The average Bonchev–Trinajstić information content (AvgIpc) is 2.70. The zero-order valence-electron chi connectivity index (χ0n) is 8.52. The summed E-state index contributed by atoms with van der Waals surface area (Å²) in [4.78, 5) is 0. The predicted octanol–water partition coefficient (Wildman–Crippen LogP) is 2.70. The molecule has 3 saturated carbocycles. The summed E-state index contributed by atoms with van der Waals surface area (Å²) in [6.07, 6.45) is 12.0. The van der Waals surface area contributed by atoms with Crippen molar-refractivity contribution >= 4 is 0 Å². The Morgan fingerprint density at radius 1 is 1.15 bits per heavy atom. The van der Waals surface area contributed by atoms with E-state index in [4.69, 9.17) is 5.73 Å². The van der Waals surface area contributed by atoms with Crippen molar-refractivity contribution in [2.24, 2.45) is 22.5 Å². The average molecular weight is 179 g/mol. The summed E-state index contributed by atoms with van der Waals surface area (Å²) >= 11 is 0. The largest absolute Gasteiger partial charge is 0.330 e. The Balaban J connectivity index is 1.68. The van der Waals surface area contributed by atoms with Crippen LogP contribution in [0, 0.1) is 16.7 Å². The van der Waals surface area contributed by atoms with E-state index in [1.807, 2.05) is 0 Å². The van der Waals surface area contributed by atoms with Crippen LogP contribution in [0.5, 0.6) is 0 Å². The van der Waals surface area contributed by atoms with E-state index in [-0.39, 0.29) is 0 Å². The first kappa shape index (κ1) is 8.28. The molecule has 0 aliphatic heterocycles. The van der Waals surface area contributed by atoms with Gasteiger partial charge in [-0.05, 0) is 68.2 Å². The summed E-state index contributed by atoms with van der Waals surface area (Å²) in [5.74, 6) is 1.00. The molecule has 1 heteroatoms. The van der Waals surface area contributed by atoms with Crippen molar-refractivity contribution in [1.82, 2.24) is 0 Å². The Morgan fingerprint density at radius 2 is 1.92 bits per heavy atom. The number of hydrogen-bond donors (Lipinski definition) is 1. The first-order valence-electron chi connectivity index (χ1n) is 5.99. The number of nitrogens with two attached hydrogens (primary N) is 1. The van der Waals surface area contributed by atoms with Crippen molar-refractivity contribution in [3.8, 4) is 0 Å². The smallest absolute Gasteiger partial charge is 0.00744 e. The molecular formula is C12H21N. The van der Waals surface area contributed by atoms with Crippen molar-refractivity contribution in [1.29, 1.82) is 0 Å². The van der Waals surface area contributed by atoms with Crippen LogP contribution in [-0.4, -0.2) is 6.54 Å². The van der Waals surface area contributed by atoms with Crippen LogP contribution in [0.3, 0.4) is 0 Å². The second kappa shape index (κ2) is 2.50. The Bertz CT molecular complexity index is 209. The molecule has 2 N–H and O–H groups in total. The Morgan fingerprint density at radius 3 is 2.54 bits per heavy atom. The lowest BCUT2D eigenvalue weighted by molar-refractivity contribution is -0.00549. The lowest BCUT2D eigenvalue weighted by atomic mass is 9.54. The van der Waals surface area contributed by atoms with E-state index in [9.17, 15) is 0 Å². The van der Waals surface area contributed by atoms with Gasteiger partial charge in [0, 0.05) is 0 Å². The maximum absolute atomic E-state index is 5.69. The summed E-state index contributed by atoms with van der Waals surface area (Å²) in [6, 6.07) is 0. The van der Waals surface area contributed by atoms with Gasteiger partial charge in [-0.3, -0.25) is 0 Å². The molecule has 0 aromatic carbocycles. The lowest BCUT2D eigenvalue weighted by Crippen LogP contribution is -2.42. The molecular weight excluding hydrogens is 158 g/mol. The maximum Gasteiger partial charge on any atom is -0.00744 e. The van der Waals surface area contributed by atoms with Gasteiger partial charge in [-0.1, -0.05) is 6.42 Å². The zero-order chi connectivity index (χ0) is 8.94. The standard InChI is InChI=1S/C12H21N/c13-7-3-10-2-1-4-12(10)8-11(9-12)5-6-11/h10H,1-9,13H2. The highest BCUT2D eigenvalue weighted by Crippen LogP contribution is 2.74. The molecule has 1 unspecified atom stereocenters. The van der Waals surface area contributed by atoms with Crippen molar-refractivity contribution in [2.75, 3.05) is 6.54 Å². The molecule has 0 heterocycles. The van der Waals surface area contributed by atoms with Crippen LogP contribution in [0.15, 0.2) is 0 Å². The fourth-order valence-corrected chi connectivity index (χ4v) is 4.30. The molecule has 3 fully saturated rings. The highest BCUT2D eigenvalue weighted by Gasteiger charge is 2.63. The minimum absolute atomic E-state index is 0.801. The SMILES string of the molecule is NCCC1CCCC12CC1(CC1)C2. The minimum atomic E-state index is 0.801. The quantitative estimate of drug-likeness (QED) is 0.693. The van der Waals surface area contributed by atoms with Crippen LogP contribution < -0.4 is 5.73 Å². The van der Waals surface area contributed by atoms with Gasteiger partial charge in [-0.2, -0.15) is 0 Å². The molecule has 3 aliphatic carbocycles. The van der Waals surface area contributed by atoms with Gasteiger partial charge in [0.15, 0.2) is 0 Å². The molecule has 0 aromatic rings. The van der Waals surface area contributed by atoms with Crippen molar-refractivity contribution < 1.29 is 0 Å². The zero-order valence-corrected chi connectivity index (χ0v) is 8.52. The second-order valence-electron chi connectivity index (χ2n) is 5.88. The summed E-state index contributed by atoms with van der Waals surface area (Å²) in [7, 11) is 0. The molecule has 74 valence electrons. The van der Waals surface area contributed by atoms with Crippen LogP contribution in [0.25, 0.3) is 0 Å². The molecule has 0 radical (unpaired) electrons. The lowest BCUT2D eigenvalue weighted by Gasteiger charge is -2.50. The highest BCUT2D eigenvalue weighted by atomic mass is 14.7. The van der Waals surface area contributed by atoms with Crippen LogP contribution in [-0.2, 0) is 0 Å². The van der Waals surface area contributed by atoms with Gasteiger partial charge in [-0.15, -0.1) is 0 Å². The molecule has 0 bridgehead atoms. The summed E-state index contributed by atoms with van der Waals surface area (Å²) in [6.45, 7) is 0.916. The van der Waals surface area contributed by atoms with Gasteiger partial charge in [0.2, 0.25) is 0 Å². The summed E-state index contributed by atoms with van der Waals surface area (Å²) < 4.78 is 0. The van der Waals surface area contributed by atoms with E-state index >= 15 is 0 Å². The number of hydrogen-bond acceptors (Lipinski definition) is 1. The topological polar surface area (TPSA) is 26.0 Å².